The average molecular weight is 411 g/mol. The number of alkyl carbamates (subject to hydrolysis) is 1. The van der Waals surface area contributed by atoms with Gasteiger partial charge in [-0.05, 0) is 50.5 Å². The first kappa shape index (κ1) is 23.0. The molecule has 1 N–H and O–H groups in total. The number of esters is 1. The van der Waals surface area contributed by atoms with Crippen LogP contribution in [-0.4, -0.2) is 30.8 Å². The molecule has 0 aromatic heterocycles. The molecule has 160 valence electrons. The van der Waals surface area contributed by atoms with E-state index in [-0.39, 0.29) is 0 Å². The molecule has 1 amide bonds. The van der Waals surface area contributed by atoms with Crippen LogP contribution in [0.25, 0.3) is 0 Å². The van der Waals surface area contributed by atoms with Crippen LogP contribution in [0.4, 0.5) is 4.79 Å². The summed E-state index contributed by atoms with van der Waals surface area (Å²) in [6.45, 7) is 5.87. The van der Waals surface area contributed by atoms with Crippen LogP contribution in [0.5, 0.6) is 5.75 Å². The van der Waals surface area contributed by atoms with Gasteiger partial charge in [-0.2, -0.15) is 0 Å². The van der Waals surface area contributed by atoms with Gasteiger partial charge in [0.2, 0.25) is 0 Å². The largest absolute Gasteiger partial charge is 0.489 e. The minimum Gasteiger partial charge on any atom is -0.489 e. The molecule has 2 aromatic rings. The summed E-state index contributed by atoms with van der Waals surface area (Å²) in [7, 11) is 1.30. The monoisotopic (exact) mass is 411 g/mol. The van der Waals surface area contributed by atoms with Crippen molar-refractivity contribution in [2.45, 2.75) is 45.4 Å². The van der Waals surface area contributed by atoms with Crippen molar-refractivity contribution in [2.24, 2.45) is 0 Å². The van der Waals surface area contributed by atoms with Gasteiger partial charge in [0.15, 0.2) is 0 Å². The van der Waals surface area contributed by atoms with Gasteiger partial charge in [-0.1, -0.05) is 48.5 Å². The Morgan fingerprint density at radius 2 is 1.67 bits per heavy atom. The molecule has 0 spiro atoms. The first-order valence-electron chi connectivity index (χ1n) is 9.76. The predicted molar refractivity (Wildman–Crippen MR) is 115 cm³/mol. The Morgan fingerprint density at radius 1 is 1.00 bits per heavy atom. The summed E-state index contributed by atoms with van der Waals surface area (Å²) in [5.41, 5.74) is 1.45. The summed E-state index contributed by atoms with van der Waals surface area (Å²) in [6.07, 6.45) is 2.81. The van der Waals surface area contributed by atoms with Crippen LogP contribution in [0.2, 0.25) is 0 Å². The molecule has 0 aliphatic heterocycles. The summed E-state index contributed by atoms with van der Waals surface area (Å²) in [6, 6.07) is 17.1. The molecule has 0 aliphatic rings. The van der Waals surface area contributed by atoms with E-state index in [2.05, 4.69) is 10.1 Å². The lowest BCUT2D eigenvalue weighted by molar-refractivity contribution is -0.134. The zero-order valence-corrected chi connectivity index (χ0v) is 17.9. The Bertz CT molecular complexity index is 838. The van der Waals surface area contributed by atoms with E-state index in [0.29, 0.717) is 13.0 Å². The first-order valence-corrected chi connectivity index (χ1v) is 9.76. The third-order valence-electron chi connectivity index (χ3n) is 4.00. The van der Waals surface area contributed by atoms with Crippen LogP contribution >= 0.6 is 0 Å². The van der Waals surface area contributed by atoms with Crippen LogP contribution < -0.4 is 10.1 Å². The number of carbonyl (C=O) groups is 2. The van der Waals surface area contributed by atoms with Crippen molar-refractivity contribution in [3.8, 4) is 5.75 Å². The maximum absolute atomic E-state index is 12.1. The van der Waals surface area contributed by atoms with Crippen molar-refractivity contribution in [1.82, 2.24) is 5.32 Å². The molecule has 0 heterocycles. The highest BCUT2D eigenvalue weighted by molar-refractivity contribution is 5.82. The summed E-state index contributed by atoms with van der Waals surface area (Å²) < 4.78 is 15.7. The van der Waals surface area contributed by atoms with Gasteiger partial charge < -0.3 is 19.5 Å². The van der Waals surface area contributed by atoms with Gasteiger partial charge >= 0.3 is 12.1 Å². The molecule has 6 nitrogen and oxygen atoms in total. The molecule has 30 heavy (non-hydrogen) atoms. The molecule has 0 saturated carbocycles. The molecule has 0 aliphatic carbocycles. The fourth-order valence-corrected chi connectivity index (χ4v) is 2.61. The van der Waals surface area contributed by atoms with Crippen LogP contribution in [0.3, 0.4) is 0 Å². The van der Waals surface area contributed by atoms with E-state index in [9.17, 15) is 9.59 Å². The van der Waals surface area contributed by atoms with E-state index < -0.39 is 23.7 Å². The third kappa shape index (κ3) is 8.82. The standard InChI is InChI=1S/C24H29NO5/c1-24(2,3)30-23(27)25-20(12-15-22(26)28-4)16-18-10-13-21(14-11-18)29-17-19-8-6-5-7-9-19/h5-15,20H,16-17H2,1-4H3,(H,25,27)/t20-/m1/s1. The number of benzene rings is 2. The second-order valence-corrected chi connectivity index (χ2v) is 7.76. The maximum atomic E-state index is 12.1. The van der Waals surface area contributed by atoms with E-state index in [1.165, 1.54) is 13.2 Å². The zero-order chi connectivity index (χ0) is 22.0. The summed E-state index contributed by atoms with van der Waals surface area (Å²) in [5.74, 6) is 0.264. The minimum absolute atomic E-state index is 0.435. The number of hydrogen-bond acceptors (Lipinski definition) is 5. The Labute approximate surface area is 177 Å². The van der Waals surface area contributed by atoms with Gasteiger partial charge in [0, 0.05) is 6.08 Å². The predicted octanol–water partition coefficient (Wildman–Crippen LogP) is 4.43. The Kier molecular flexibility index (Phi) is 8.47. The molecule has 2 rings (SSSR count). The molecule has 0 unspecified atom stereocenters. The van der Waals surface area contributed by atoms with Gasteiger partial charge in [-0.25, -0.2) is 9.59 Å². The topological polar surface area (TPSA) is 73.9 Å². The fourth-order valence-electron chi connectivity index (χ4n) is 2.61. The van der Waals surface area contributed by atoms with Crippen molar-refractivity contribution in [2.75, 3.05) is 7.11 Å². The van der Waals surface area contributed by atoms with E-state index in [4.69, 9.17) is 9.47 Å². The number of rotatable bonds is 8. The molecule has 0 radical (unpaired) electrons. The van der Waals surface area contributed by atoms with Gasteiger partial charge in [0.05, 0.1) is 13.2 Å². The van der Waals surface area contributed by atoms with Crippen molar-refractivity contribution >= 4 is 12.1 Å². The molecule has 0 bridgehead atoms. The number of hydrogen-bond donors (Lipinski definition) is 1. The smallest absolute Gasteiger partial charge is 0.408 e. The van der Waals surface area contributed by atoms with Crippen LogP contribution in [0.1, 0.15) is 31.9 Å². The highest BCUT2D eigenvalue weighted by atomic mass is 16.6. The minimum atomic E-state index is -0.613. The van der Waals surface area contributed by atoms with Gasteiger partial charge in [0.25, 0.3) is 0 Å². The van der Waals surface area contributed by atoms with Crippen molar-refractivity contribution in [3.63, 3.8) is 0 Å². The Balaban J connectivity index is 2.00. The summed E-state index contributed by atoms with van der Waals surface area (Å²) >= 11 is 0. The van der Waals surface area contributed by atoms with Crippen LogP contribution in [0.15, 0.2) is 66.7 Å². The summed E-state index contributed by atoms with van der Waals surface area (Å²) in [5, 5.41) is 2.78. The number of ether oxygens (including phenoxy) is 3. The molecule has 1 atom stereocenters. The van der Waals surface area contributed by atoms with Crippen LogP contribution in [0, 0.1) is 0 Å². The second-order valence-electron chi connectivity index (χ2n) is 7.76. The lowest BCUT2D eigenvalue weighted by Crippen LogP contribution is -2.39. The van der Waals surface area contributed by atoms with E-state index in [1.807, 2.05) is 54.6 Å². The maximum Gasteiger partial charge on any atom is 0.408 e. The normalized spacial score (nSPS) is 12.3. The highest BCUT2D eigenvalue weighted by Crippen LogP contribution is 2.16. The molecule has 2 aromatic carbocycles. The van der Waals surface area contributed by atoms with Crippen molar-refractivity contribution < 1.29 is 23.8 Å². The van der Waals surface area contributed by atoms with Crippen molar-refractivity contribution in [1.29, 1.82) is 0 Å². The third-order valence-corrected chi connectivity index (χ3v) is 4.00. The Morgan fingerprint density at radius 3 is 2.27 bits per heavy atom. The number of amides is 1. The van der Waals surface area contributed by atoms with E-state index in [0.717, 1.165) is 16.9 Å². The number of methoxy groups -OCH3 is 1. The SMILES string of the molecule is COC(=O)C=C[C@H](Cc1ccc(OCc2ccccc2)cc1)NC(=O)OC(C)(C)C. The molecular weight excluding hydrogens is 382 g/mol. The van der Waals surface area contributed by atoms with Gasteiger partial charge in [-0.15, -0.1) is 0 Å². The lowest BCUT2D eigenvalue weighted by Gasteiger charge is -2.22. The van der Waals surface area contributed by atoms with Crippen LogP contribution in [-0.2, 0) is 27.3 Å². The number of nitrogens with one attached hydrogen (secondary N) is 1. The Hall–Kier alpha value is -3.28. The van der Waals surface area contributed by atoms with E-state index in [1.54, 1.807) is 26.8 Å². The van der Waals surface area contributed by atoms with E-state index >= 15 is 0 Å². The van der Waals surface area contributed by atoms with Gasteiger partial charge in [0.1, 0.15) is 18.0 Å². The molecule has 0 fully saturated rings. The lowest BCUT2D eigenvalue weighted by atomic mass is 10.1. The molecular formula is C24H29NO5. The van der Waals surface area contributed by atoms with Gasteiger partial charge in [-0.3, -0.25) is 0 Å². The van der Waals surface area contributed by atoms with Crippen molar-refractivity contribution in [3.05, 3.63) is 77.9 Å². The molecule has 6 heteroatoms. The quantitative estimate of drug-likeness (QED) is 0.514. The number of carbonyl (C=O) groups excluding carboxylic acids is 2. The highest BCUT2D eigenvalue weighted by Gasteiger charge is 2.19. The molecule has 0 saturated heterocycles. The second kappa shape index (κ2) is 11.0. The first-order chi connectivity index (χ1) is 14.2. The summed E-state index contributed by atoms with van der Waals surface area (Å²) in [4.78, 5) is 23.6. The zero-order valence-electron chi connectivity index (χ0n) is 17.9. The average Bonchev–Trinajstić information content (AvgIpc) is 2.70. The fraction of sp³-hybridized carbons (Fsp3) is 0.333.